The van der Waals surface area contributed by atoms with Gasteiger partial charge < -0.3 is 4.42 Å². The van der Waals surface area contributed by atoms with Crippen LogP contribution in [0.1, 0.15) is 16.1 Å². The van der Waals surface area contributed by atoms with Gasteiger partial charge in [0, 0.05) is 10.4 Å². The van der Waals surface area contributed by atoms with E-state index >= 15 is 0 Å². The van der Waals surface area contributed by atoms with Crippen molar-refractivity contribution in [2.24, 2.45) is 0 Å². The van der Waals surface area contributed by atoms with E-state index in [1.165, 1.54) is 0 Å². The van der Waals surface area contributed by atoms with Gasteiger partial charge in [-0.25, -0.2) is 0 Å². The van der Waals surface area contributed by atoms with Crippen LogP contribution in [-0.2, 0) is 0 Å². The summed E-state index contributed by atoms with van der Waals surface area (Å²) in [5.74, 6) is 0.516. The lowest BCUT2D eigenvalue weighted by Crippen LogP contribution is -1.88. The van der Waals surface area contributed by atoms with Gasteiger partial charge in [-0.15, -0.1) is 0 Å². The Kier molecular flexibility index (Phi) is 2.25. The highest BCUT2D eigenvalue weighted by Gasteiger charge is 2.16. The summed E-state index contributed by atoms with van der Waals surface area (Å²) in [5.41, 5.74) is 1.01. The lowest BCUT2D eigenvalue weighted by atomic mass is 10.1. The second-order valence-corrected chi connectivity index (χ2v) is 3.73. The highest BCUT2D eigenvalue weighted by Crippen LogP contribution is 2.28. The van der Waals surface area contributed by atoms with Gasteiger partial charge in [-0.3, -0.25) is 4.79 Å². The normalized spacial score (nSPS) is 10.8. The van der Waals surface area contributed by atoms with Gasteiger partial charge >= 0.3 is 0 Å². The number of furan rings is 1. The Morgan fingerprint density at radius 3 is 2.79 bits per heavy atom. The molecule has 0 aliphatic rings. The third-order valence-corrected chi connectivity index (χ3v) is 2.45. The van der Waals surface area contributed by atoms with Crippen LogP contribution >= 0.6 is 23.2 Å². The van der Waals surface area contributed by atoms with Gasteiger partial charge in [0.1, 0.15) is 11.3 Å². The predicted molar refractivity (Wildman–Crippen MR) is 56.1 cm³/mol. The first-order valence-corrected chi connectivity index (χ1v) is 4.73. The van der Waals surface area contributed by atoms with Gasteiger partial charge in [0.15, 0.2) is 0 Å². The van der Waals surface area contributed by atoms with Gasteiger partial charge in [-0.1, -0.05) is 11.6 Å². The molecule has 0 spiro atoms. The Morgan fingerprint density at radius 2 is 2.14 bits per heavy atom. The summed E-state index contributed by atoms with van der Waals surface area (Å²) in [6, 6.07) is 5.09. The Hall–Kier alpha value is -0.990. The molecule has 14 heavy (non-hydrogen) atoms. The molecule has 0 radical (unpaired) electrons. The zero-order valence-electron chi connectivity index (χ0n) is 7.30. The van der Waals surface area contributed by atoms with E-state index in [1.54, 1.807) is 25.1 Å². The van der Waals surface area contributed by atoms with Gasteiger partial charge in [0.2, 0.25) is 0 Å². The molecule has 72 valence electrons. The molecule has 2 nitrogen and oxygen atoms in total. The fourth-order valence-electron chi connectivity index (χ4n) is 1.44. The molecule has 0 N–H and O–H groups in total. The number of halogens is 2. The zero-order valence-corrected chi connectivity index (χ0v) is 8.82. The molecule has 4 heteroatoms. The Balaban J connectivity index is 2.86. The number of carbonyl (C=O) groups is 1. The van der Waals surface area contributed by atoms with Crippen LogP contribution in [0.4, 0.5) is 0 Å². The van der Waals surface area contributed by atoms with Crippen molar-refractivity contribution in [1.82, 2.24) is 0 Å². The molecule has 1 aromatic carbocycles. The molecule has 0 fully saturated rings. The lowest BCUT2D eigenvalue weighted by Gasteiger charge is -1.91. The fourth-order valence-corrected chi connectivity index (χ4v) is 1.84. The highest BCUT2D eigenvalue weighted by molar-refractivity contribution is 6.68. The van der Waals surface area contributed by atoms with Crippen molar-refractivity contribution in [3.05, 3.63) is 34.5 Å². The third-order valence-electron chi connectivity index (χ3n) is 2.02. The van der Waals surface area contributed by atoms with Crippen LogP contribution in [-0.4, -0.2) is 5.24 Å². The minimum Gasteiger partial charge on any atom is -0.461 e. The summed E-state index contributed by atoms with van der Waals surface area (Å²) in [5, 5.41) is 0.691. The van der Waals surface area contributed by atoms with Crippen LogP contribution in [0.25, 0.3) is 11.0 Å². The average molecular weight is 229 g/mol. The van der Waals surface area contributed by atoms with E-state index in [0.29, 0.717) is 27.3 Å². The number of aryl methyl sites for hydroxylation is 1. The smallest absolute Gasteiger partial charge is 0.256 e. The van der Waals surface area contributed by atoms with Gasteiger partial charge in [-0.2, -0.15) is 0 Å². The number of carbonyl (C=O) groups excluding carboxylic acids is 1. The number of fused-ring (bicyclic) bond motifs is 1. The summed E-state index contributed by atoms with van der Waals surface area (Å²) >= 11 is 11.2. The second-order valence-electron chi connectivity index (χ2n) is 2.95. The van der Waals surface area contributed by atoms with E-state index in [1.807, 2.05) is 0 Å². The van der Waals surface area contributed by atoms with Gasteiger partial charge in [-0.05, 0) is 36.7 Å². The highest BCUT2D eigenvalue weighted by atomic mass is 35.5. The molecule has 0 aliphatic carbocycles. The number of rotatable bonds is 1. The first-order chi connectivity index (χ1) is 6.59. The minimum atomic E-state index is -0.525. The van der Waals surface area contributed by atoms with E-state index in [2.05, 4.69) is 0 Å². The van der Waals surface area contributed by atoms with Crippen LogP contribution in [0.5, 0.6) is 0 Å². The summed E-state index contributed by atoms with van der Waals surface area (Å²) in [7, 11) is 0. The summed E-state index contributed by atoms with van der Waals surface area (Å²) in [6.07, 6.45) is 0. The van der Waals surface area contributed by atoms with Crippen molar-refractivity contribution in [3.8, 4) is 0 Å². The topological polar surface area (TPSA) is 30.2 Å². The van der Waals surface area contributed by atoms with E-state index in [4.69, 9.17) is 27.6 Å². The first-order valence-electron chi connectivity index (χ1n) is 3.98. The maximum Gasteiger partial charge on any atom is 0.256 e. The first kappa shape index (κ1) is 9.56. The van der Waals surface area contributed by atoms with Crippen molar-refractivity contribution < 1.29 is 9.21 Å². The van der Waals surface area contributed by atoms with Crippen LogP contribution < -0.4 is 0 Å². The summed E-state index contributed by atoms with van der Waals surface area (Å²) in [6.45, 7) is 1.70. The molecule has 1 heterocycles. The number of hydrogen-bond acceptors (Lipinski definition) is 2. The van der Waals surface area contributed by atoms with Gasteiger partial charge in [0.05, 0.1) is 5.56 Å². The molecule has 0 saturated carbocycles. The van der Waals surface area contributed by atoms with Crippen LogP contribution in [0.3, 0.4) is 0 Å². The quantitative estimate of drug-likeness (QED) is 0.696. The molecule has 1 aromatic heterocycles. The maximum absolute atomic E-state index is 11.1. The molecule has 2 rings (SSSR count). The molecule has 0 saturated heterocycles. The van der Waals surface area contributed by atoms with Crippen LogP contribution in [0.2, 0.25) is 5.02 Å². The minimum absolute atomic E-state index is 0.393. The molecule has 0 unspecified atom stereocenters. The van der Waals surface area contributed by atoms with E-state index in [0.717, 1.165) is 0 Å². The molecular formula is C10H6Cl2O2. The van der Waals surface area contributed by atoms with E-state index in [9.17, 15) is 4.79 Å². The van der Waals surface area contributed by atoms with Gasteiger partial charge in [0.25, 0.3) is 5.24 Å². The SMILES string of the molecule is Cc1oc2ccc(Cl)cc2c1C(=O)Cl. The van der Waals surface area contributed by atoms with Crippen molar-refractivity contribution >= 4 is 39.4 Å². The molecule has 0 atom stereocenters. The molecule has 0 aliphatic heterocycles. The zero-order chi connectivity index (χ0) is 10.3. The standard InChI is InChI=1S/C10H6Cl2O2/c1-5-9(10(12)13)7-4-6(11)2-3-8(7)14-5/h2-4H,1H3. The van der Waals surface area contributed by atoms with Crippen LogP contribution in [0.15, 0.2) is 22.6 Å². The lowest BCUT2D eigenvalue weighted by molar-refractivity contribution is 0.108. The number of benzene rings is 1. The molecule has 0 bridgehead atoms. The van der Waals surface area contributed by atoms with Crippen molar-refractivity contribution in [2.75, 3.05) is 0 Å². The number of hydrogen-bond donors (Lipinski definition) is 0. The van der Waals surface area contributed by atoms with Crippen molar-refractivity contribution in [3.63, 3.8) is 0 Å². The maximum atomic E-state index is 11.1. The Labute approximate surface area is 90.4 Å². The van der Waals surface area contributed by atoms with E-state index < -0.39 is 5.24 Å². The second kappa shape index (κ2) is 3.30. The Bertz CT molecular complexity index is 514. The van der Waals surface area contributed by atoms with Crippen molar-refractivity contribution in [1.29, 1.82) is 0 Å². The summed E-state index contributed by atoms with van der Waals surface area (Å²) in [4.78, 5) is 11.1. The van der Waals surface area contributed by atoms with Crippen LogP contribution in [0, 0.1) is 6.92 Å². The molecule has 2 aromatic rings. The predicted octanol–water partition coefficient (Wildman–Crippen LogP) is 3.77. The monoisotopic (exact) mass is 228 g/mol. The largest absolute Gasteiger partial charge is 0.461 e. The summed E-state index contributed by atoms with van der Waals surface area (Å²) < 4.78 is 5.35. The fraction of sp³-hybridized carbons (Fsp3) is 0.100. The molecular weight excluding hydrogens is 223 g/mol. The Morgan fingerprint density at radius 1 is 1.43 bits per heavy atom. The van der Waals surface area contributed by atoms with E-state index in [-0.39, 0.29) is 0 Å². The van der Waals surface area contributed by atoms with Crippen molar-refractivity contribution in [2.45, 2.75) is 6.92 Å². The third kappa shape index (κ3) is 1.41. The molecule has 0 amide bonds. The average Bonchev–Trinajstić information content (AvgIpc) is 2.40.